The molecule has 9 nitrogen and oxygen atoms in total. The van der Waals surface area contributed by atoms with E-state index in [1.165, 1.54) is 12.1 Å². The Kier molecular flexibility index (Phi) is 5.52. The lowest BCUT2D eigenvalue weighted by atomic mass is 9.92. The highest BCUT2D eigenvalue weighted by Crippen LogP contribution is 2.37. The van der Waals surface area contributed by atoms with Gasteiger partial charge in [0, 0.05) is 34.8 Å². The third-order valence-electron chi connectivity index (χ3n) is 6.39. The lowest BCUT2D eigenvalue weighted by Gasteiger charge is -2.28. The number of carbonyl (C=O) groups is 2. The van der Waals surface area contributed by atoms with Gasteiger partial charge < -0.3 is 4.90 Å². The van der Waals surface area contributed by atoms with E-state index in [1.54, 1.807) is 30.3 Å². The molecule has 2 heterocycles. The molecule has 5 rings (SSSR count). The number of rotatable bonds is 7. The molecule has 1 aliphatic rings. The summed E-state index contributed by atoms with van der Waals surface area (Å²) in [5.74, 6) is -0.983. The van der Waals surface area contributed by atoms with E-state index < -0.39 is 16.7 Å². The van der Waals surface area contributed by atoms with Gasteiger partial charge in [-0.1, -0.05) is 6.07 Å². The van der Waals surface area contributed by atoms with Crippen LogP contribution in [0.15, 0.2) is 73.3 Å². The van der Waals surface area contributed by atoms with Crippen molar-refractivity contribution in [1.29, 1.82) is 0 Å². The average Bonchev–Trinajstić information content (AvgIpc) is 3.28. The van der Waals surface area contributed by atoms with Crippen LogP contribution in [0.5, 0.6) is 0 Å². The van der Waals surface area contributed by atoms with Crippen molar-refractivity contribution in [3.8, 4) is 0 Å². The molecule has 1 aliphatic heterocycles. The zero-order chi connectivity index (χ0) is 24.7. The third-order valence-corrected chi connectivity index (χ3v) is 6.39. The number of hydrogen-bond acceptors (Lipinski definition) is 5. The van der Waals surface area contributed by atoms with Crippen LogP contribution < -0.4 is 14.4 Å². The van der Waals surface area contributed by atoms with E-state index >= 15 is 0 Å². The number of imide groups is 1. The van der Waals surface area contributed by atoms with E-state index in [-0.39, 0.29) is 22.2 Å². The molecular weight excluding hydrogens is 446 g/mol. The first-order chi connectivity index (χ1) is 16.9. The van der Waals surface area contributed by atoms with Crippen LogP contribution in [0.4, 0.5) is 17.1 Å². The lowest BCUT2D eigenvalue weighted by Crippen LogP contribution is -2.40. The Morgan fingerprint density at radius 2 is 1.71 bits per heavy atom. The topological polar surface area (TPSA) is 92.6 Å². The highest BCUT2D eigenvalue weighted by Gasteiger charge is 2.35. The number of likely N-dealkylation sites (N-methyl/N-ethyl adjacent to an activating group) is 1. The first-order valence-electron chi connectivity index (χ1n) is 11.3. The Labute approximate surface area is 201 Å². The SMILES string of the molecule is CCN(CC[n+]1ccn(C)c1)c1ccc(N2C(=O)c3cccc4c([N+](=O)[O-])ccc(c34)C2=O)cc1. The zero-order valence-electron chi connectivity index (χ0n) is 19.4. The van der Waals surface area contributed by atoms with E-state index in [4.69, 9.17) is 0 Å². The van der Waals surface area contributed by atoms with E-state index in [1.807, 2.05) is 42.5 Å². The van der Waals surface area contributed by atoms with Gasteiger partial charge in [0.25, 0.3) is 17.5 Å². The summed E-state index contributed by atoms with van der Waals surface area (Å²) in [6, 6.07) is 14.9. The number of imidazole rings is 1. The summed E-state index contributed by atoms with van der Waals surface area (Å²) in [5, 5.41) is 12.1. The van der Waals surface area contributed by atoms with Gasteiger partial charge in [0.2, 0.25) is 6.33 Å². The van der Waals surface area contributed by atoms with Crippen LogP contribution in [0, 0.1) is 10.1 Å². The molecule has 35 heavy (non-hydrogen) atoms. The number of amides is 2. The Morgan fingerprint density at radius 1 is 1.00 bits per heavy atom. The summed E-state index contributed by atoms with van der Waals surface area (Å²) in [5.41, 5.74) is 1.87. The highest BCUT2D eigenvalue weighted by molar-refractivity contribution is 6.36. The first kappa shape index (κ1) is 22.3. The maximum atomic E-state index is 13.4. The summed E-state index contributed by atoms with van der Waals surface area (Å²) in [6.07, 6.45) is 6.05. The van der Waals surface area contributed by atoms with Gasteiger partial charge in [0.05, 0.1) is 29.6 Å². The highest BCUT2D eigenvalue weighted by atomic mass is 16.6. The molecular formula is C26H24N5O4+. The van der Waals surface area contributed by atoms with E-state index in [0.717, 1.165) is 30.2 Å². The number of nitro benzene ring substituents is 1. The summed E-state index contributed by atoms with van der Waals surface area (Å²) in [4.78, 5) is 41.0. The quantitative estimate of drug-likeness (QED) is 0.178. The number of aryl methyl sites for hydroxylation is 1. The molecule has 0 fully saturated rings. The number of non-ortho nitro benzene ring substituents is 1. The predicted octanol–water partition coefficient (Wildman–Crippen LogP) is 3.70. The molecule has 0 atom stereocenters. The molecule has 0 unspecified atom stereocenters. The van der Waals surface area contributed by atoms with Crippen LogP contribution in [0.1, 0.15) is 27.6 Å². The maximum Gasteiger partial charge on any atom is 0.277 e. The second-order valence-electron chi connectivity index (χ2n) is 8.48. The third kappa shape index (κ3) is 3.80. The fourth-order valence-corrected chi connectivity index (χ4v) is 4.63. The van der Waals surface area contributed by atoms with Gasteiger partial charge in [-0.15, -0.1) is 0 Å². The van der Waals surface area contributed by atoms with Crippen molar-refractivity contribution < 1.29 is 19.1 Å². The normalized spacial score (nSPS) is 12.9. The minimum atomic E-state index is -0.501. The standard InChI is InChI=1S/C26H24N5O4/c1-3-29(16-15-28-14-13-27(2)17-28)18-7-9-19(10-8-18)30-25(32)21-6-4-5-20-23(31(34)35)12-11-22(24(20)21)26(30)33/h4-14,17H,3,15-16H2,1-2H3/q+1. The average molecular weight is 471 g/mol. The van der Waals surface area contributed by atoms with Gasteiger partial charge >= 0.3 is 0 Å². The smallest absolute Gasteiger partial charge is 0.277 e. The summed E-state index contributed by atoms with van der Waals surface area (Å²) >= 11 is 0. The molecule has 0 bridgehead atoms. The molecule has 0 saturated heterocycles. The molecule has 2 amide bonds. The maximum absolute atomic E-state index is 13.4. The number of hydrogen-bond donors (Lipinski definition) is 0. The van der Waals surface area contributed by atoms with Crippen molar-refractivity contribution in [2.45, 2.75) is 13.5 Å². The van der Waals surface area contributed by atoms with Crippen molar-refractivity contribution >= 4 is 39.6 Å². The summed E-state index contributed by atoms with van der Waals surface area (Å²) in [6.45, 7) is 4.52. The summed E-state index contributed by atoms with van der Waals surface area (Å²) in [7, 11) is 1.98. The first-order valence-corrected chi connectivity index (χ1v) is 11.3. The fourth-order valence-electron chi connectivity index (χ4n) is 4.63. The molecule has 4 aromatic rings. The number of carbonyl (C=O) groups excluding carboxylic acids is 2. The predicted molar refractivity (Wildman–Crippen MR) is 132 cm³/mol. The number of anilines is 2. The minimum absolute atomic E-state index is 0.127. The van der Waals surface area contributed by atoms with Crippen LogP contribution in [0.2, 0.25) is 0 Å². The van der Waals surface area contributed by atoms with E-state index in [9.17, 15) is 19.7 Å². The van der Waals surface area contributed by atoms with Gasteiger partial charge in [-0.05, 0) is 49.4 Å². The van der Waals surface area contributed by atoms with Crippen LogP contribution >= 0.6 is 0 Å². The van der Waals surface area contributed by atoms with Gasteiger partial charge in [-0.2, -0.15) is 0 Å². The van der Waals surface area contributed by atoms with Crippen molar-refractivity contribution in [3.05, 3.63) is 94.6 Å². The monoisotopic (exact) mass is 470 g/mol. The molecule has 0 aliphatic carbocycles. The summed E-state index contributed by atoms with van der Waals surface area (Å²) < 4.78 is 4.11. The molecule has 0 spiro atoms. The minimum Gasteiger partial charge on any atom is -0.368 e. The lowest BCUT2D eigenvalue weighted by molar-refractivity contribution is -0.693. The van der Waals surface area contributed by atoms with Gasteiger partial charge in [-0.25, -0.2) is 14.0 Å². The van der Waals surface area contributed by atoms with Crippen LogP contribution in [0.25, 0.3) is 10.8 Å². The number of nitro groups is 1. The molecule has 1 aromatic heterocycles. The molecule has 9 heteroatoms. The van der Waals surface area contributed by atoms with Crippen molar-refractivity contribution in [3.63, 3.8) is 0 Å². The largest absolute Gasteiger partial charge is 0.368 e. The number of nitrogens with zero attached hydrogens (tertiary/aromatic N) is 5. The van der Waals surface area contributed by atoms with Crippen LogP contribution in [-0.2, 0) is 13.6 Å². The molecule has 0 radical (unpaired) electrons. The molecule has 0 N–H and O–H groups in total. The van der Waals surface area contributed by atoms with Crippen LogP contribution in [0.3, 0.4) is 0 Å². The van der Waals surface area contributed by atoms with Crippen molar-refractivity contribution in [2.75, 3.05) is 22.9 Å². The van der Waals surface area contributed by atoms with E-state index in [0.29, 0.717) is 11.1 Å². The van der Waals surface area contributed by atoms with Gasteiger partial charge in [-0.3, -0.25) is 19.7 Å². The Balaban J connectivity index is 1.44. The van der Waals surface area contributed by atoms with Crippen molar-refractivity contribution in [1.82, 2.24) is 4.57 Å². The van der Waals surface area contributed by atoms with E-state index in [2.05, 4.69) is 16.4 Å². The Morgan fingerprint density at radius 3 is 2.34 bits per heavy atom. The number of benzene rings is 3. The zero-order valence-corrected chi connectivity index (χ0v) is 19.4. The Bertz CT molecular complexity index is 1450. The van der Waals surface area contributed by atoms with Crippen molar-refractivity contribution in [2.24, 2.45) is 7.05 Å². The second kappa shape index (κ2) is 8.68. The van der Waals surface area contributed by atoms with Gasteiger partial charge in [0.1, 0.15) is 18.9 Å². The molecule has 3 aromatic carbocycles. The molecule has 176 valence electrons. The van der Waals surface area contributed by atoms with Gasteiger partial charge in [0.15, 0.2) is 0 Å². The second-order valence-corrected chi connectivity index (χ2v) is 8.48. The Hall–Kier alpha value is -4.53. The molecule has 0 saturated carbocycles. The number of aromatic nitrogens is 2. The fraction of sp³-hybridized carbons (Fsp3) is 0.192. The van der Waals surface area contributed by atoms with Crippen LogP contribution in [-0.4, -0.2) is 34.4 Å².